The first-order valence-electron chi connectivity index (χ1n) is 16.0. The Morgan fingerprint density at radius 1 is 0.725 bits per heavy atom. The van der Waals surface area contributed by atoms with Crippen molar-refractivity contribution >= 4 is 12.0 Å². The van der Waals surface area contributed by atoms with Gasteiger partial charge in [0.05, 0.1) is 19.8 Å². The third kappa shape index (κ3) is 21.2. The molecule has 0 fully saturated rings. The third-order valence-corrected chi connectivity index (χ3v) is 6.64. The normalized spacial score (nSPS) is 10.8. The van der Waals surface area contributed by atoms with E-state index in [9.17, 15) is 4.79 Å². The van der Waals surface area contributed by atoms with E-state index in [0.717, 1.165) is 68.4 Å². The molecule has 0 saturated heterocycles. The molecule has 0 aliphatic heterocycles. The topological polar surface area (TPSA) is 44.8 Å². The first kappa shape index (κ1) is 35.4. The highest BCUT2D eigenvalue weighted by atomic mass is 16.5. The average Bonchev–Trinajstić information content (AvgIpc) is 2.96. The van der Waals surface area contributed by atoms with Gasteiger partial charge < -0.3 is 14.2 Å². The fraction of sp³-hybridized carbons (Fsp3) is 0.639. The second-order valence-electron chi connectivity index (χ2n) is 10.4. The fourth-order valence-electron chi connectivity index (χ4n) is 4.20. The molecule has 0 aliphatic rings. The Morgan fingerprint density at radius 3 is 2.05 bits per heavy atom. The maximum atomic E-state index is 12.0. The Hall–Kier alpha value is -2.67. The summed E-state index contributed by atoms with van der Waals surface area (Å²) in [4.78, 5) is 12.0. The maximum Gasteiger partial charge on any atom is 0.305 e. The zero-order valence-corrected chi connectivity index (χ0v) is 25.7. The summed E-state index contributed by atoms with van der Waals surface area (Å²) in [6.07, 6.45) is 25.6. The Morgan fingerprint density at radius 2 is 1.35 bits per heavy atom. The summed E-state index contributed by atoms with van der Waals surface area (Å²) in [5.74, 6) is 7.97. The van der Waals surface area contributed by atoms with E-state index in [1.54, 1.807) is 6.08 Å². The summed E-state index contributed by atoms with van der Waals surface area (Å²) in [5.41, 5.74) is 0.980. The molecule has 0 heterocycles. The number of allylic oxidation sites excluding steroid dienone is 2. The molecular weight excluding hydrogens is 496 g/mol. The summed E-state index contributed by atoms with van der Waals surface area (Å²) in [5, 5.41) is 0. The molecule has 224 valence electrons. The van der Waals surface area contributed by atoms with Gasteiger partial charge in [0.2, 0.25) is 0 Å². The van der Waals surface area contributed by atoms with Crippen molar-refractivity contribution in [3.8, 4) is 23.3 Å². The monoisotopic (exact) mass is 552 g/mol. The molecule has 0 unspecified atom stereocenters. The van der Waals surface area contributed by atoms with Gasteiger partial charge in [-0.05, 0) is 62.6 Å². The summed E-state index contributed by atoms with van der Waals surface area (Å²) in [6, 6.07) is 5.87. The summed E-state index contributed by atoms with van der Waals surface area (Å²) >= 11 is 0. The molecule has 4 nitrogen and oxygen atoms in total. The predicted molar refractivity (Wildman–Crippen MR) is 170 cm³/mol. The van der Waals surface area contributed by atoms with Gasteiger partial charge in [0.1, 0.15) is 11.5 Å². The quantitative estimate of drug-likeness (QED) is 0.0524. The average molecular weight is 553 g/mol. The van der Waals surface area contributed by atoms with Crippen molar-refractivity contribution in [1.29, 1.82) is 0 Å². The number of esters is 1. The van der Waals surface area contributed by atoms with Crippen LogP contribution >= 0.6 is 0 Å². The van der Waals surface area contributed by atoms with Crippen LogP contribution in [0, 0.1) is 11.8 Å². The van der Waals surface area contributed by atoms with E-state index < -0.39 is 0 Å². The van der Waals surface area contributed by atoms with Gasteiger partial charge in [-0.25, -0.2) is 0 Å². The van der Waals surface area contributed by atoms with Crippen LogP contribution in [-0.2, 0) is 9.53 Å². The van der Waals surface area contributed by atoms with E-state index in [1.807, 2.05) is 18.2 Å². The minimum atomic E-state index is -0.103. The zero-order chi connectivity index (χ0) is 28.9. The van der Waals surface area contributed by atoms with Gasteiger partial charge in [-0.3, -0.25) is 4.79 Å². The molecule has 1 aromatic rings. The van der Waals surface area contributed by atoms with E-state index in [4.69, 9.17) is 14.2 Å². The van der Waals surface area contributed by atoms with Gasteiger partial charge in [-0.1, -0.05) is 95.9 Å². The molecule has 0 radical (unpaired) electrons. The first-order valence-corrected chi connectivity index (χ1v) is 16.0. The number of ether oxygens (including phenoxy) is 3. The van der Waals surface area contributed by atoms with Gasteiger partial charge in [0.15, 0.2) is 0 Å². The molecule has 0 atom stereocenters. The molecule has 1 aromatic carbocycles. The van der Waals surface area contributed by atoms with Crippen molar-refractivity contribution in [2.75, 3.05) is 19.8 Å². The lowest BCUT2D eigenvalue weighted by molar-refractivity contribution is -0.143. The molecule has 0 bridgehead atoms. The lowest BCUT2D eigenvalue weighted by Crippen LogP contribution is -2.07. The SMILES string of the molecule is C=Cc1cc(OCCCCC)cc(OCCCCC(=O)OCCCCCCCC/C=C\CC#CCCCCC)c1. The Kier molecular flexibility index (Phi) is 23.5. The molecule has 4 heteroatoms. The molecule has 0 spiro atoms. The lowest BCUT2D eigenvalue weighted by Gasteiger charge is -2.11. The van der Waals surface area contributed by atoms with Crippen LogP contribution in [0.15, 0.2) is 36.9 Å². The molecule has 0 saturated carbocycles. The van der Waals surface area contributed by atoms with Crippen LogP contribution in [0.2, 0.25) is 0 Å². The molecule has 0 N–H and O–H groups in total. The smallest absolute Gasteiger partial charge is 0.305 e. The van der Waals surface area contributed by atoms with Crippen molar-refractivity contribution in [2.24, 2.45) is 0 Å². The molecular formula is C36H56O4. The van der Waals surface area contributed by atoms with Crippen molar-refractivity contribution in [3.63, 3.8) is 0 Å². The number of hydrogen-bond donors (Lipinski definition) is 0. The highest BCUT2D eigenvalue weighted by Gasteiger charge is 2.05. The van der Waals surface area contributed by atoms with Gasteiger partial charge in [0, 0.05) is 25.3 Å². The van der Waals surface area contributed by atoms with E-state index >= 15 is 0 Å². The molecule has 40 heavy (non-hydrogen) atoms. The lowest BCUT2D eigenvalue weighted by atomic mass is 10.1. The van der Waals surface area contributed by atoms with Gasteiger partial charge in [0.25, 0.3) is 0 Å². The fourth-order valence-corrected chi connectivity index (χ4v) is 4.20. The van der Waals surface area contributed by atoms with Gasteiger partial charge >= 0.3 is 5.97 Å². The summed E-state index contributed by atoms with van der Waals surface area (Å²) in [7, 11) is 0. The molecule has 0 aromatic heterocycles. The van der Waals surface area contributed by atoms with Crippen molar-refractivity contribution in [3.05, 3.63) is 42.5 Å². The van der Waals surface area contributed by atoms with Gasteiger partial charge in [-0.2, -0.15) is 0 Å². The van der Waals surface area contributed by atoms with Crippen molar-refractivity contribution in [1.82, 2.24) is 0 Å². The van der Waals surface area contributed by atoms with Crippen LogP contribution in [0.1, 0.15) is 135 Å². The Bertz CT molecular complexity index is 861. The second kappa shape index (κ2) is 26.5. The summed E-state index contributed by atoms with van der Waals surface area (Å²) in [6.45, 7) is 10.1. The number of hydrogen-bond acceptors (Lipinski definition) is 4. The maximum absolute atomic E-state index is 12.0. The standard InChI is InChI=1S/C36H56O4/c1-4-7-9-10-11-12-13-14-15-16-17-18-19-20-21-24-29-40-36(37)26-22-25-28-39-35-31-33(6-3)30-34(32-35)38-27-23-8-5-2/h6,14-15,30-32H,3-5,7-10,13,16-29H2,1-2H3/b15-14-. The predicted octanol–water partition coefficient (Wildman–Crippen LogP) is 10.3. The molecule has 1 rings (SSSR count). The van der Waals surface area contributed by atoms with Crippen LogP contribution < -0.4 is 9.47 Å². The Labute approximate surface area is 246 Å². The van der Waals surface area contributed by atoms with Crippen LogP contribution in [0.4, 0.5) is 0 Å². The zero-order valence-electron chi connectivity index (χ0n) is 25.7. The van der Waals surface area contributed by atoms with Crippen LogP contribution in [0.5, 0.6) is 11.5 Å². The van der Waals surface area contributed by atoms with E-state index in [1.165, 1.54) is 57.8 Å². The first-order chi connectivity index (χ1) is 19.7. The van der Waals surface area contributed by atoms with E-state index in [-0.39, 0.29) is 5.97 Å². The van der Waals surface area contributed by atoms with Gasteiger partial charge in [-0.15, -0.1) is 5.92 Å². The van der Waals surface area contributed by atoms with Crippen LogP contribution in [-0.4, -0.2) is 25.8 Å². The Balaban J connectivity index is 1.98. The van der Waals surface area contributed by atoms with E-state index in [0.29, 0.717) is 26.2 Å². The van der Waals surface area contributed by atoms with Crippen molar-refractivity contribution in [2.45, 2.75) is 129 Å². The molecule has 0 amide bonds. The number of carbonyl (C=O) groups excluding carboxylic acids is 1. The highest BCUT2D eigenvalue weighted by molar-refractivity contribution is 5.69. The van der Waals surface area contributed by atoms with Crippen LogP contribution in [0.25, 0.3) is 6.08 Å². The number of benzene rings is 1. The third-order valence-electron chi connectivity index (χ3n) is 6.64. The molecule has 0 aliphatic carbocycles. The second-order valence-corrected chi connectivity index (χ2v) is 10.4. The van der Waals surface area contributed by atoms with Crippen LogP contribution in [0.3, 0.4) is 0 Å². The van der Waals surface area contributed by atoms with Crippen molar-refractivity contribution < 1.29 is 19.0 Å². The largest absolute Gasteiger partial charge is 0.493 e. The number of carbonyl (C=O) groups is 1. The minimum absolute atomic E-state index is 0.103. The van der Waals surface area contributed by atoms with E-state index in [2.05, 4.69) is 44.4 Å². The highest BCUT2D eigenvalue weighted by Crippen LogP contribution is 2.24. The summed E-state index contributed by atoms with van der Waals surface area (Å²) < 4.78 is 17.2. The number of rotatable bonds is 25. The minimum Gasteiger partial charge on any atom is -0.493 e. The number of unbranched alkanes of at least 4 members (excludes halogenated alkanes) is 12.